The Morgan fingerprint density at radius 1 is 1.33 bits per heavy atom. The fourth-order valence-electron chi connectivity index (χ4n) is 2.57. The third kappa shape index (κ3) is 3.90. The van der Waals surface area contributed by atoms with Crippen LogP contribution in [0.25, 0.3) is 5.52 Å². The lowest BCUT2D eigenvalue weighted by Gasteiger charge is -2.18. The molecule has 0 amide bonds. The van der Waals surface area contributed by atoms with Crippen LogP contribution in [0, 0.1) is 0 Å². The van der Waals surface area contributed by atoms with Gasteiger partial charge in [0.1, 0.15) is 5.52 Å². The maximum atomic E-state index is 13.0. The molecule has 2 heterocycles. The molecule has 3 aromatic rings. The minimum Gasteiger partial charge on any atom is -0.478 e. The highest BCUT2D eigenvalue weighted by Gasteiger charge is 2.31. The zero-order valence-corrected chi connectivity index (χ0v) is 14.5. The van der Waals surface area contributed by atoms with Crippen LogP contribution in [-0.2, 0) is 6.18 Å². The van der Waals surface area contributed by atoms with Gasteiger partial charge < -0.3 is 16.2 Å². The van der Waals surface area contributed by atoms with Gasteiger partial charge in [0.2, 0.25) is 5.28 Å². The second-order valence-electron chi connectivity index (χ2n) is 5.85. The van der Waals surface area contributed by atoms with Gasteiger partial charge in [-0.15, -0.1) is 5.10 Å². The summed E-state index contributed by atoms with van der Waals surface area (Å²) in [7, 11) is 0. The number of hydrogen-bond donors (Lipinski definition) is 3. The molecule has 0 saturated carbocycles. The number of rotatable bonds is 4. The average Bonchev–Trinajstić information content (AvgIpc) is 2.97. The van der Waals surface area contributed by atoms with Crippen LogP contribution in [0.1, 0.15) is 34.5 Å². The Bertz CT molecular complexity index is 1030. The zero-order valence-electron chi connectivity index (χ0n) is 13.8. The zero-order chi connectivity index (χ0) is 19.9. The highest BCUT2D eigenvalue weighted by atomic mass is 35.5. The Hall–Kier alpha value is -3.01. The molecule has 27 heavy (non-hydrogen) atoms. The number of carboxylic acid groups (broad SMARTS) is 1. The van der Waals surface area contributed by atoms with Crippen molar-refractivity contribution in [3.8, 4) is 0 Å². The van der Waals surface area contributed by atoms with Crippen LogP contribution < -0.4 is 11.1 Å². The molecule has 0 fully saturated rings. The van der Waals surface area contributed by atoms with Crippen LogP contribution in [0.15, 0.2) is 30.5 Å². The molecule has 0 unspecified atom stereocenters. The summed E-state index contributed by atoms with van der Waals surface area (Å²) in [4.78, 5) is 15.2. The van der Waals surface area contributed by atoms with Crippen molar-refractivity contribution < 1.29 is 23.1 Å². The maximum Gasteiger partial charge on any atom is 0.416 e. The minimum absolute atomic E-state index is 0.0322. The molecule has 0 bridgehead atoms. The summed E-state index contributed by atoms with van der Waals surface area (Å²) in [5, 5.41) is 15.8. The summed E-state index contributed by atoms with van der Waals surface area (Å²) < 4.78 is 40.2. The largest absolute Gasteiger partial charge is 0.478 e. The Morgan fingerprint density at radius 2 is 2.04 bits per heavy atom. The number of nitrogens with one attached hydrogen (secondary N) is 1. The number of fused-ring (bicyclic) bond motifs is 1. The van der Waals surface area contributed by atoms with Crippen LogP contribution in [0.4, 0.5) is 24.7 Å². The van der Waals surface area contributed by atoms with E-state index in [2.05, 4.69) is 15.4 Å². The molecule has 2 aromatic heterocycles. The molecule has 142 valence electrons. The molecule has 0 saturated heterocycles. The molecule has 0 aliphatic rings. The number of aromatic nitrogens is 3. The van der Waals surface area contributed by atoms with Crippen LogP contribution >= 0.6 is 11.6 Å². The van der Waals surface area contributed by atoms with Crippen LogP contribution in [0.5, 0.6) is 0 Å². The molecule has 1 atom stereocenters. The van der Waals surface area contributed by atoms with Crippen LogP contribution in [0.3, 0.4) is 0 Å². The fraction of sp³-hybridized carbons (Fsp3) is 0.188. The van der Waals surface area contributed by atoms with Gasteiger partial charge in [0, 0.05) is 11.9 Å². The number of benzene rings is 1. The van der Waals surface area contributed by atoms with E-state index in [1.807, 2.05) is 0 Å². The van der Waals surface area contributed by atoms with E-state index in [1.165, 1.54) is 22.8 Å². The first-order valence-corrected chi connectivity index (χ1v) is 7.96. The van der Waals surface area contributed by atoms with Gasteiger partial charge >= 0.3 is 12.1 Å². The minimum atomic E-state index is -4.53. The molecule has 0 radical (unpaired) electrons. The van der Waals surface area contributed by atoms with Crippen molar-refractivity contribution >= 4 is 34.6 Å². The average molecular weight is 400 g/mol. The predicted molar refractivity (Wildman–Crippen MR) is 92.9 cm³/mol. The van der Waals surface area contributed by atoms with E-state index in [0.717, 1.165) is 12.1 Å². The second kappa shape index (κ2) is 6.62. The number of alkyl halides is 3. The lowest BCUT2D eigenvalue weighted by Crippen LogP contribution is -2.13. The topological polar surface area (TPSA) is 106 Å². The van der Waals surface area contributed by atoms with Gasteiger partial charge in [0.15, 0.2) is 5.82 Å². The lowest BCUT2D eigenvalue weighted by molar-refractivity contribution is -0.137. The summed E-state index contributed by atoms with van der Waals surface area (Å²) in [5.74, 6) is -0.993. The van der Waals surface area contributed by atoms with Crippen molar-refractivity contribution in [2.75, 3.05) is 11.1 Å². The van der Waals surface area contributed by atoms with E-state index < -0.39 is 23.8 Å². The van der Waals surface area contributed by atoms with Crippen molar-refractivity contribution in [2.24, 2.45) is 0 Å². The number of aromatic carboxylic acids is 1. The molecule has 0 aliphatic heterocycles. The number of carbonyl (C=O) groups is 1. The summed E-state index contributed by atoms with van der Waals surface area (Å²) in [6, 6.07) is 3.94. The van der Waals surface area contributed by atoms with Gasteiger partial charge in [-0.1, -0.05) is 0 Å². The van der Waals surface area contributed by atoms with E-state index in [9.17, 15) is 18.0 Å². The number of nitrogens with zero attached hydrogens (tertiary/aromatic N) is 3. The first-order valence-electron chi connectivity index (χ1n) is 7.58. The predicted octanol–water partition coefficient (Wildman–Crippen LogP) is 3.86. The lowest BCUT2D eigenvalue weighted by atomic mass is 10.0. The normalized spacial score (nSPS) is 12.9. The number of carboxylic acids is 1. The van der Waals surface area contributed by atoms with Crippen molar-refractivity contribution in [1.29, 1.82) is 0 Å². The van der Waals surface area contributed by atoms with Gasteiger partial charge in [0.05, 0.1) is 17.2 Å². The summed E-state index contributed by atoms with van der Waals surface area (Å²) in [6.07, 6.45) is -3.28. The Balaban J connectivity index is 2.00. The van der Waals surface area contributed by atoms with Crippen molar-refractivity contribution in [3.05, 3.63) is 52.4 Å². The molecular formula is C16H13ClF3N5O2. The molecular weight excluding hydrogens is 387 g/mol. The number of halogens is 4. The second-order valence-corrected chi connectivity index (χ2v) is 6.18. The van der Waals surface area contributed by atoms with Crippen molar-refractivity contribution in [1.82, 2.24) is 14.6 Å². The monoisotopic (exact) mass is 399 g/mol. The first-order chi connectivity index (χ1) is 12.5. The Labute approximate surface area is 155 Å². The Morgan fingerprint density at radius 3 is 2.67 bits per heavy atom. The van der Waals surface area contributed by atoms with E-state index in [4.69, 9.17) is 22.4 Å². The summed E-state index contributed by atoms with van der Waals surface area (Å²) >= 11 is 5.85. The summed E-state index contributed by atoms with van der Waals surface area (Å²) in [6.45, 7) is 1.61. The molecule has 4 N–H and O–H groups in total. The standard InChI is InChI=1S/C16H13ClF3N5O2/c1-7(8-2-10(16(18,19)20)5-11(21)3-8)22-13-12-4-9(14(26)27)6-25(12)24-15(17)23-13/h2-7H,21H2,1H3,(H,26,27)(H,22,23,24)/t7-/m1/s1. The van der Waals surface area contributed by atoms with Crippen LogP contribution in [0.2, 0.25) is 5.28 Å². The van der Waals surface area contributed by atoms with Crippen LogP contribution in [-0.4, -0.2) is 25.7 Å². The quantitative estimate of drug-likeness (QED) is 0.575. The first kappa shape index (κ1) is 18.8. The summed E-state index contributed by atoms with van der Waals surface area (Å²) in [5.41, 5.74) is 5.25. The van der Waals surface area contributed by atoms with E-state index in [-0.39, 0.29) is 27.9 Å². The number of nitrogens with two attached hydrogens (primary N) is 1. The SMILES string of the molecule is C[C@@H](Nc1nc(Cl)nn2cc(C(=O)O)cc12)c1cc(N)cc(C(F)(F)F)c1. The van der Waals surface area contributed by atoms with E-state index in [0.29, 0.717) is 5.52 Å². The molecule has 7 nitrogen and oxygen atoms in total. The number of anilines is 2. The fourth-order valence-corrected chi connectivity index (χ4v) is 2.74. The maximum absolute atomic E-state index is 13.0. The third-order valence-corrected chi connectivity index (χ3v) is 4.00. The van der Waals surface area contributed by atoms with Gasteiger partial charge in [-0.05, 0) is 48.4 Å². The molecule has 11 heteroatoms. The highest BCUT2D eigenvalue weighted by Crippen LogP contribution is 2.33. The van der Waals surface area contributed by atoms with E-state index >= 15 is 0 Å². The highest BCUT2D eigenvalue weighted by molar-refractivity contribution is 6.28. The van der Waals surface area contributed by atoms with E-state index in [1.54, 1.807) is 6.92 Å². The third-order valence-electron chi connectivity index (χ3n) is 3.84. The van der Waals surface area contributed by atoms with Gasteiger partial charge in [0.25, 0.3) is 0 Å². The molecule has 1 aromatic carbocycles. The number of hydrogen-bond acceptors (Lipinski definition) is 5. The van der Waals surface area contributed by atoms with Gasteiger partial charge in [-0.25, -0.2) is 9.31 Å². The molecule has 3 rings (SSSR count). The smallest absolute Gasteiger partial charge is 0.416 e. The molecule has 0 aliphatic carbocycles. The molecule has 0 spiro atoms. The Kier molecular flexibility index (Phi) is 4.60. The number of nitrogen functional groups attached to an aromatic ring is 1. The van der Waals surface area contributed by atoms with Crippen molar-refractivity contribution in [2.45, 2.75) is 19.1 Å². The van der Waals surface area contributed by atoms with Gasteiger partial charge in [-0.3, -0.25) is 0 Å². The van der Waals surface area contributed by atoms with Crippen molar-refractivity contribution in [3.63, 3.8) is 0 Å². The van der Waals surface area contributed by atoms with Gasteiger partial charge in [-0.2, -0.15) is 18.2 Å².